The molecule has 4 nitrogen and oxygen atoms in total. The summed E-state index contributed by atoms with van der Waals surface area (Å²) in [5, 5.41) is 2.92. The molecule has 98 valence electrons. The van der Waals surface area contributed by atoms with E-state index in [0.29, 0.717) is 15.4 Å². The zero-order valence-electron chi connectivity index (χ0n) is 9.77. The average molecular weight is 342 g/mol. The molecule has 0 radical (unpaired) electrons. The minimum Gasteiger partial charge on any atom is -0.444 e. The standard InChI is InChI=1S/C13H10BrClN2O2/c14-12-10(6-7-11(15)17-12)16-13(18)19-8-9-4-2-1-3-5-9/h1-7H,8H2,(H,16,18). The minimum atomic E-state index is -0.548. The zero-order chi connectivity index (χ0) is 13.7. The lowest BCUT2D eigenvalue weighted by atomic mass is 10.2. The first-order chi connectivity index (χ1) is 9.15. The van der Waals surface area contributed by atoms with E-state index in [1.54, 1.807) is 12.1 Å². The van der Waals surface area contributed by atoms with E-state index in [9.17, 15) is 4.79 Å². The normalized spacial score (nSPS) is 10.0. The van der Waals surface area contributed by atoms with Crippen molar-refractivity contribution in [1.82, 2.24) is 4.98 Å². The highest BCUT2D eigenvalue weighted by atomic mass is 79.9. The van der Waals surface area contributed by atoms with Crippen molar-refractivity contribution in [3.8, 4) is 0 Å². The number of nitrogens with one attached hydrogen (secondary N) is 1. The molecule has 0 unspecified atom stereocenters. The Bertz CT molecular complexity index is 578. The molecule has 0 aliphatic heterocycles. The van der Waals surface area contributed by atoms with Crippen molar-refractivity contribution in [2.45, 2.75) is 6.61 Å². The van der Waals surface area contributed by atoms with Gasteiger partial charge in [-0.05, 0) is 33.6 Å². The van der Waals surface area contributed by atoms with E-state index in [0.717, 1.165) is 5.56 Å². The van der Waals surface area contributed by atoms with Crippen molar-refractivity contribution in [3.63, 3.8) is 0 Å². The third-order valence-corrected chi connectivity index (χ3v) is 3.08. The quantitative estimate of drug-likeness (QED) is 0.849. The van der Waals surface area contributed by atoms with Crippen LogP contribution in [0.3, 0.4) is 0 Å². The van der Waals surface area contributed by atoms with E-state index >= 15 is 0 Å². The number of hydrogen-bond acceptors (Lipinski definition) is 3. The maximum Gasteiger partial charge on any atom is 0.412 e. The number of aromatic nitrogens is 1. The molecule has 1 heterocycles. The van der Waals surface area contributed by atoms with Crippen LogP contribution in [0.1, 0.15) is 5.56 Å². The summed E-state index contributed by atoms with van der Waals surface area (Å²) in [6.45, 7) is 0.214. The van der Waals surface area contributed by atoms with Crippen LogP contribution in [0.5, 0.6) is 0 Å². The number of carbonyl (C=O) groups excluding carboxylic acids is 1. The molecule has 1 N–H and O–H groups in total. The first-order valence-electron chi connectivity index (χ1n) is 5.45. The highest BCUT2D eigenvalue weighted by Crippen LogP contribution is 2.22. The summed E-state index contributed by atoms with van der Waals surface area (Å²) in [7, 11) is 0. The van der Waals surface area contributed by atoms with Gasteiger partial charge in [0.25, 0.3) is 0 Å². The van der Waals surface area contributed by atoms with E-state index in [4.69, 9.17) is 16.3 Å². The fourth-order valence-electron chi connectivity index (χ4n) is 1.37. The number of pyridine rings is 1. The second-order valence-corrected chi connectivity index (χ2v) is 4.80. The van der Waals surface area contributed by atoms with Gasteiger partial charge in [-0.25, -0.2) is 9.78 Å². The number of hydrogen-bond donors (Lipinski definition) is 1. The second-order valence-electron chi connectivity index (χ2n) is 3.66. The Morgan fingerprint density at radius 3 is 2.68 bits per heavy atom. The molecule has 1 aromatic heterocycles. The Labute approximate surface area is 123 Å². The SMILES string of the molecule is O=C(Nc1ccc(Cl)nc1Br)OCc1ccccc1. The molecule has 6 heteroatoms. The highest BCUT2D eigenvalue weighted by Gasteiger charge is 2.08. The molecule has 0 aliphatic carbocycles. The summed E-state index contributed by atoms with van der Waals surface area (Å²) >= 11 is 8.92. The molecule has 0 saturated carbocycles. The van der Waals surface area contributed by atoms with Crippen molar-refractivity contribution in [1.29, 1.82) is 0 Å². The lowest BCUT2D eigenvalue weighted by Crippen LogP contribution is -2.14. The second kappa shape index (κ2) is 6.54. The Morgan fingerprint density at radius 1 is 1.26 bits per heavy atom. The molecule has 19 heavy (non-hydrogen) atoms. The van der Waals surface area contributed by atoms with Crippen LogP contribution < -0.4 is 5.32 Å². The number of rotatable bonds is 3. The highest BCUT2D eigenvalue weighted by molar-refractivity contribution is 9.10. The number of ether oxygens (including phenoxy) is 1. The summed E-state index contributed by atoms with van der Waals surface area (Å²) in [5.74, 6) is 0. The largest absolute Gasteiger partial charge is 0.444 e. The fourth-order valence-corrected chi connectivity index (χ4v) is 2.05. The van der Waals surface area contributed by atoms with E-state index in [2.05, 4.69) is 26.2 Å². The van der Waals surface area contributed by atoms with Gasteiger partial charge in [-0.15, -0.1) is 0 Å². The number of anilines is 1. The Hall–Kier alpha value is -1.59. The maximum absolute atomic E-state index is 11.6. The number of halogens is 2. The van der Waals surface area contributed by atoms with Crippen molar-refractivity contribution < 1.29 is 9.53 Å². The lowest BCUT2D eigenvalue weighted by Gasteiger charge is -2.08. The summed E-state index contributed by atoms with van der Waals surface area (Å²) in [6.07, 6.45) is -0.548. The van der Waals surface area contributed by atoms with Crippen LogP contribution in [0.2, 0.25) is 5.15 Å². The number of nitrogens with zero attached hydrogens (tertiary/aromatic N) is 1. The summed E-state index contributed by atoms with van der Waals surface area (Å²) < 4.78 is 5.54. The van der Waals surface area contributed by atoms with Gasteiger partial charge in [-0.3, -0.25) is 5.32 Å². The van der Waals surface area contributed by atoms with Gasteiger partial charge in [0.2, 0.25) is 0 Å². The van der Waals surface area contributed by atoms with Gasteiger partial charge in [-0.2, -0.15) is 0 Å². The third-order valence-electron chi connectivity index (χ3n) is 2.26. The van der Waals surface area contributed by atoms with Crippen molar-refractivity contribution in [2.75, 3.05) is 5.32 Å². The van der Waals surface area contributed by atoms with Gasteiger partial charge in [0.15, 0.2) is 0 Å². The maximum atomic E-state index is 11.6. The lowest BCUT2D eigenvalue weighted by molar-refractivity contribution is 0.155. The van der Waals surface area contributed by atoms with E-state index in [1.165, 1.54) is 0 Å². The molecule has 0 atom stereocenters. The van der Waals surface area contributed by atoms with Crippen LogP contribution in [-0.4, -0.2) is 11.1 Å². The molecule has 1 aromatic carbocycles. The predicted octanol–water partition coefficient (Wildman–Crippen LogP) is 4.25. The van der Waals surface area contributed by atoms with Gasteiger partial charge in [-0.1, -0.05) is 41.9 Å². The predicted molar refractivity (Wildman–Crippen MR) is 77.2 cm³/mol. The first kappa shape index (κ1) is 13.8. The van der Waals surface area contributed by atoms with Crippen LogP contribution in [0.25, 0.3) is 0 Å². The molecule has 2 rings (SSSR count). The molecule has 0 spiro atoms. The molecular formula is C13H10BrClN2O2. The fraction of sp³-hybridized carbons (Fsp3) is 0.0769. The average Bonchev–Trinajstić information content (AvgIpc) is 2.41. The summed E-state index contributed by atoms with van der Waals surface area (Å²) in [4.78, 5) is 15.6. The van der Waals surface area contributed by atoms with Crippen molar-refractivity contribution >= 4 is 39.3 Å². The molecule has 0 bridgehead atoms. The zero-order valence-corrected chi connectivity index (χ0v) is 12.1. The van der Waals surface area contributed by atoms with Gasteiger partial charge in [0, 0.05) is 0 Å². The van der Waals surface area contributed by atoms with E-state index < -0.39 is 6.09 Å². The Morgan fingerprint density at radius 2 is 2.00 bits per heavy atom. The topological polar surface area (TPSA) is 51.2 Å². The Balaban J connectivity index is 1.91. The number of benzene rings is 1. The van der Waals surface area contributed by atoms with Gasteiger partial charge in [0.05, 0.1) is 5.69 Å². The number of amides is 1. The van der Waals surface area contributed by atoms with Crippen LogP contribution in [-0.2, 0) is 11.3 Å². The first-order valence-corrected chi connectivity index (χ1v) is 6.62. The van der Waals surface area contributed by atoms with Gasteiger partial charge in [0.1, 0.15) is 16.4 Å². The molecule has 0 aliphatic rings. The molecule has 1 amide bonds. The van der Waals surface area contributed by atoms with Crippen LogP contribution in [0.15, 0.2) is 47.1 Å². The molecule has 0 saturated heterocycles. The van der Waals surface area contributed by atoms with Crippen molar-refractivity contribution in [3.05, 3.63) is 57.8 Å². The minimum absolute atomic E-state index is 0.214. The van der Waals surface area contributed by atoms with Crippen LogP contribution in [0, 0.1) is 0 Å². The van der Waals surface area contributed by atoms with Crippen LogP contribution >= 0.6 is 27.5 Å². The van der Waals surface area contributed by atoms with Gasteiger partial charge < -0.3 is 4.74 Å². The monoisotopic (exact) mass is 340 g/mol. The van der Waals surface area contributed by atoms with E-state index in [-0.39, 0.29) is 6.61 Å². The van der Waals surface area contributed by atoms with Gasteiger partial charge >= 0.3 is 6.09 Å². The Kier molecular flexibility index (Phi) is 4.76. The summed E-state index contributed by atoms with van der Waals surface area (Å²) in [5.41, 5.74) is 1.42. The molecule has 0 fully saturated rings. The van der Waals surface area contributed by atoms with E-state index in [1.807, 2.05) is 30.3 Å². The van der Waals surface area contributed by atoms with Crippen LogP contribution in [0.4, 0.5) is 10.5 Å². The molecular weight excluding hydrogens is 332 g/mol. The number of carbonyl (C=O) groups is 1. The van der Waals surface area contributed by atoms with Crippen molar-refractivity contribution in [2.24, 2.45) is 0 Å². The smallest absolute Gasteiger partial charge is 0.412 e. The molecule has 2 aromatic rings. The summed E-state index contributed by atoms with van der Waals surface area (Å²) in [6, 6.07) is 12.7. The third kappa shape index (κ3) is 4.22.